The lowest BCUT2D eigenvalue weighted by molar-refractivity contribution is 0.234. The Hall–Kier alpha value is -0.210. The molecule has 3 nitrogen and oxygen atoms in total. The second kappa shape index (κ2) is 6.27. The second-order valence-corrected chi connectivity index (χ2v) is 9.61. The summed E-state index contributed by atoms with van der Waals surface area (Å²) in [6.07, 6.45) is -0.557. The van der Waals surface area contributed by atoms with E-state index in [9.17, 15) is 8.42 Å². The van der Waals surface area contributed by atoms with Crippen molar-refractivity contribution in [2.45, 2.75) is 24.8 Å². The fourth-order valence-corrected chi connectivity index (χ4v) is 5.74. The topological polar surface area (TPSA) is 43.4 Å². The molecule has 1 heterocycles. The largest absolute Gasteiger partial charge is 0.297 e. The first-order chi connectivity index (χ1) is 9.29. The van der Waals surface area contributed by atoms with Crippen LogP contribution in [-0.2, 0) is 14.3 Å². The highest BCUT2D eigenvalue weighted by Crippen LogP contribution is 2.37. The maximum absolute atomic E-state index is 12.2. The van der Waals surface area contributed by atoms with E-state index in [2.05, 4.69) is 31.9 Å². The van der Waals surface area contributed by atoms with Gasteiger partial charge in [0.2, 0.25) is 0 Å². The molecule has 1 unspecified atom stereocenters. The smallest absolute Gasteiger partial charge is 0.258 e. The van der Waals surface area contributed by atoms with E-state index < -0.39 is 16.2 Å². The highest BCUT2D eigenvalue weighted by Gasteiger charge is 2.22. The highest BCUT2D eigenvalue weighted by molar-refractivity contribution is 9.12. The van der Waals surface area contributed by atoms with E-state index in [1.807, 2.05) is 13.0 Å². The lowest BCUT2D eigenvalue weighted by Gasteiger charge is -2.12. The van der Waals surface area contributed by atoms with E-state index in [-0.39, 0.29) is 4.90 Å². The van der Waals surface area contributed by atoms with Crippen molar-refractivity contribution in [3.63, 3.8) is 0 Å². The molecule has 1 aromatic heterocycles. The Balaban J connectivity index is 2.24. The number of benzene rings is 1. The molecule has 0 radical (unpaired) electrons. The van der Waals surface area contributed by atoms with Crippen molar-refractivity contribution in [2.75, 3.05) is 0 Å². The van der Waals surface area contributed by atoms with Crippen LogP contribution in [0.15, 0.2) is 42.8 Å². The summed E-state index contributed by atoms with van der Waals surface area (Å²) in [5, 5.41) is 0. The lowest BCUT2D eigenvalue weighted by Crippen LogP contribution is -2.10. The predicted octanol–water partition coefficient (Wildman–Crippen LogP) is 5.05. The van der Waals surface area contributed by atoms with Gasteiger partial charge in [-0.05, 0) is 63.9 Å². The number of thiophene rings is 1. The van der Waals surface area contributed by atoms with Gasteiger partial charge in [0, 0.05) is 5.56 Å². The average Bonchev–Trinajstić information content (AvgIpc) is 2.68. The number of aryl methyl sites for hydroxylation is 1. The molecule has 0 spiro atoms. The molecule has 0 fully saturated rings. The maximum atomic E-state index is 12.2. The zero-order valence-corrected chi connectivity index (χ0v) is 15.6. The van der Waals surface area contributed by atoms with Gasteiger partial charge in [0.05, 0.1) is 12.5 Å². The maximum Gasteiger partial charge on any atom is 0.297 e. The molecular formula is C13H12Br2O3S2. The second-order valence-electron chi connectivity index (χ2n) is 4.29. The summed E-state index contributed by atoms with van der Waals surface area (Å²) in [4.78, 5) is 0.167. The quantitative estimate of drug-likeness (QED) is 0.626. The van der Waals surface area contributed by atoms with Crippen molar-refractivity contribution in [1.82, 2.24) is 0 Å². The molecule has 0 amide bonds. The molecule has 0 saturated heterocycles. The Labute approximate surface area is 139 Å². The molecule has 2 rings (SSSR count). The Morgan fingerprint density at radius 1 is 1.20 bits per heavy atom. The molecule has 2 aromatic rings. The summed E-state index contributed by atoms with van der Waals surface area (Å²) in [7, 11) is -3.76. The Kier molecular flexibility index (Phi) is 5.07. The highest BCUT2D eigenvalue weighted by atomic mass is 79.9. The first-order valence-corrected chi connectivity index (χ1v) is 9.55. The molecule has 0 saturated carbocycles. The van der Waals surface area contributed by atoms with Crippen LogP contribution in [0, 0.1) is 6.92 Å². The standard InChI is InChI=1S/C13H12Br2O3S2/c1-8-3-5-10(6-4-8)20(16,17)18-9(2)11-7-12(14)19-13(11)15/h3-7,9H,1-2H3. The summed E-state index contributed by atoms with van der Waals surface area (Å²) >= 11 is 8.25. The van der Waals surface area contributed by atoms with E-state index in [1.54, 1.807) is 31.2 Å². The number of halogens is 2. The summed E-state index contributed by atoms with van der Waals surface area (Å²) in [5.74, 6) is 0. The van der Waals surface area contributed by atoms with Crippen molar-refractivity contribution in [1.29, 1.82) is 0 Å². The van der Waals surface area contributed by atoms with E-state index in [0.717, 1.165) is 18.7 Å². The van der Waals surface area contributed by atoms with Crippen LogP contribution in [-0.4, -0.2) is 8.42 Å². The van der Waals surface area contributed by atoms with Crippen LogP contribution < -0.4 is 0 Å². The van der Waals surface area contributed by atoms with Crippen molar-refractivity contribution < 1.29 is 12.6 Å². The van der Waals surface area contributed by atoms with Gasteiger partial charge in [0.15, 0.2) is 0 Å². The first-order valence-electron chi connectivity index (χ1n) is 5.74. The van der Waals surface area contributed by atoms with Gasteiger partial charge in [-0.3, -0.25) is 4.18 Å². The minimum absolute atomic E-state index is 0.167. The molecule has 0 N–H and O–H groups in total. The molecule has 0 aliphatic rings. The van der Waals surface area contributed by atoms with E-state index >= 15 is 0 Å². The zero-order valence-electron chi connectivity index (χ0n) is 10.8. The molecule has 0 aliphatic heterocycles. The van der Waals surface area contributed by atoms with Gasteiger partial charge in [0.25, 0.3) is 10.1 Å². The van der Waals surface area contributed by atoms with Gasteiger partial charge in [-0.15, -0.1) is 11.3 Å². The average molecular weight is 440 g/mol. The van der Waals surface area contributed by atoms with Crippen molar-refractivity contribution in [2.24, 2.45) is 0 Å². The van der Waals surface area contributed by atoms with Gasteiger partial charge >= 0.3 is 0 Å². The summed E-state index contributed by atoms with van der Waals surface area (Å²) in [5.41, 5.74) is 1.80. The summed E-state index contributed by atoms with van der Waals surface area (Å²) < 4.78 is 31.4. The minimum Gasteiger partial charge on any atom is -0.258 e. The van der Waals surface area contributed by atoms with E-state index in [4.69, 9.17) is 4.18 Å². The van der Waals surface area contributed by atoms with Crippen LogP contribution >= 0.6 is 43.2 Å². The Morgan fingerprint density at radius 2 is 1.80 bits per heavy atom. The fraction of sp³-hybridized carbons (Fsp3) is 0.231. The normalized spacial score (nSPS) is 13.4. The molecule has 108 valence electrons. The van der Waals surface area contributed by atoms with Gasteiger partial charge < -0.3 is 0 Å². The van der Waals surface area contributed by atoms with Crippen LogP contribution in [0.25, 0.3) is 0 Å². The fourth-order valence-electron chi connectivity index (χ4n) is 1.63. The molecular weight excluding hydrogens is 428 g/mol. The van der Waals surface area contributed by atoms with Crippen LogP contribution in [0.1, 0.15) is 24.2 Å². The van der Waals surface area contributed by atoms with E-state index in [0.29, 0.717) is 0 Å². The molecule has 0 aliphatic carbocycles. The molecule has 20 heavy (non-hydrogen) atoms. The molecule has 1 aromatic carbocycles. The Morgan fingerprint density at radius 3 is 2.30 bits per heavy atom. The van der Waals surface area contributed by atoms with Crippen molar-refractivity contribution in [3.8, 4) is 0 Å². The molecule has 0 bridgehead atoms. The molecule has 1 atom stereocenters. The van der Waals surface area contributed by atoms with Crippen LogP contribution in [0.3, 0.4) is 0 Å². The summed E-state index contributed by atoms with van der Waals surface area (Å²) in [6.45, 7) is 3.62. The minimum atomic E-state index is -3.76. The van der Waals surface area contributed by atoms with Crippen LogP contribution in [0.4, 0.5) is 0 Å². The third-order valence-electron chi connectivity index (χ3n) is 2.70. The third-order valence-corrected chi connectivity index (χ3v) is 6.48. The van der Waals surface area contributed by atoms with Gasteiger partial charge in [-0.2, -0.15) is 8.42 Å². The Bertz CT molecular complexity index is 706. The SMILES string of the molecule is Cc1ccc(S(=O)(=O)OC(C)c2cc(Br)sc2Br)cc1. The monoisotopic (exact) mass is 438 g/mol. The van der Waals surface area contributed by atoms with Gasteiger partial charge in [0.1, 0.15) is 6.10 Å². The van der Waals surface area contributed by atoms with Crippen molar-refractivity contribution in [3.05, 3.63) is 49.0 Å². The number of hydrogen-bond acceptors (Lipinski definition) is 4. The van der Waals surface area contributed by atoms with Crippen LogP contribution in [0.2, 0.25) is 0 Å². The zero-order chi connectivity index (χ0) is 14.9. The summed E-state index contributed by atoms with van der Waals surface area (Å²) in [6, 6.07) is 8.45. The molecule has 7 heteroatoms. The van der Waals surface area contributed by atoms with E-state index in [1.165, 1.54) is 11.3 Å². The van der Waals surface area contributed by atoms with Gasteiger partial charge in [-0.25, -0.2) is 0 Å². The number of hydrogen-bond donors (Lipinski definition) is 0. The lowest BCUT2D eigenvalue weighted by atomic mass is 10.2. The predicted molar refractivity (Wildman–Crippen MR) is 87.6 cm³/mol. The van der Waals surface area contributed by atoms with Gasteiger partial charge in [-0.1, -0.05) is 17.7 Å². The van der Waals surface area contributed by atoms with Crippen molar-refractivity contribution >= 4 is 53.3 Å². The van der Waals surface area contributed by atoms with Crippen LogP contribution in [0.5, 0.6) is 0 Å². The number of rotatable bonds is 4. The third kappa shape index (κ3) is 3.71. The first kappa shape index (κ1) is 16.2.